The summed E-state index contributed by atoms with van der Waals surface area (Å²) in [6.07, 6.45) is 2.87. The fourth-order valence-corrected chi connectivity index (χ4v) is 5.01. The van der Waals surface area contributed by atoms with E-state index in [-0.39, 0.29) is 11.8 Å². The van der Waals surface area contributed by atoms with Gasteiger partial charge in [-0.25, -0.2) is 0 Å². The van der Waals surface area contributed by atoms with Crippen molar-refractivity contribution in [1.29, 1.82) is 0 Å². The maximum absolute atomic E-state index is 13.0. The van der Waals surface area contributed by atoms with Crippen LogP contribution < -0.4 is 10.6 Å². The third-order valence-electron chi connectivity index (χ3n) is 4.53. The second-order valence-corrected chi connectivity index (χ2v) is 8.28. The van der Waals surface area contributed by atoms with Crippen LogP contribution in [-0.4, -0.2) is 11.8 Å². The molecule has 0 saturated heterocycles. The van der Waals surface area contributed by atoms with Gasteiger partial charge >= 0.3 is 0 Å². The van der Waals surface area contributed by atoms with E-state index >= 15 is 0 Å². The van der Waals surface area contributed by atoms with Gasteiger partial charge in [0.05, 0.1) is 11.1 Å². The number of aryl methyl sites for hydroxylation is 1. The van der Waals surface area contributed by atoms with Crippen molar-refractivity contribution in [2.24, 2.45) is 0 Å². The predicted molar refractivity (Wildman–Crippen MR) is 113 cm³/mol. The Morgan fingerprint density at radius 1 is 0.889 bits per heavy atom. The molecule has 6 heteroatoms. The maximum atomic E-state index is 13.0. The standard InChI is InChI=1S/C21H17BrN2O2S/c22-16-11-5-4-9-14(16)19(25)24-21-18(15-10-6-12-17(15)27-21)20(26)23-13-7-2-1-3-8-13/h1-5,7-9,11H,6,10,12H2,(H,23,26)(H,24,25). The molecule has 27 heavy (non-hydrogen) atoms. The summed E-state index contributed by atoms with van der Waals surface area (Å²) in [6, 6.07) is 16.6. The van der Waals surface area contributed by atoms with Crippen LogP contribution in [0.3, 0.4) is 0 Å². The molecular weight excluding hydrogens is 424 g/mol. The first-order valence-electron chi connectivity index (χ1n) is 8.70. The molecule has 3 aromatic rings. The first kappa shape index (κ1) is 17.9. The van der Waals surface area contributed by atoms with Crippen molar-refractivity contribution < 1.29 is 9.59 Å². The van der Waals surface area contributed by atoms with Crippen molar-refractivity contribution >= 4 is 49.8 Å². The van der Waals surface area contributed by atoms with Crippen LogP contribution >= 0.6 is 27.3 Å². The van der Waals surface area contributed by atoms with Gasteiger partial charge in [-0.3, -0.25) is 9.59 Å². The number of halogens is 1. The van der Waals surface area contributed by atoms with Crippen LogP contribution in [0.4, 0.5) is 10.7 Å². The number of carbonyl (C=O) groups is 2. The van der Waals surface area contributed by atoms with Crippen molar-refractivity contribution in [3.8, 4) is 0 Å². The topological polar surface area (TPSA) is 58.2 Å². The monoisotopic (exact) mass is 440 g/mol. The molecule has 0 radical (unpaired) electrons. The van der Waals surface area contributed by atoms with Crippen LogP contribution in [0.15, 0.2) is 59.1 Å². The Morgan fingerprint density at radius 3 is 2.41 bits per heavy atom. The molecule has 0 spiro atoms. The van der Waals surface area contributed by atoms with Gasteiger partial charge in [-0.05, 0) is 65.0 Å². The molecule has 4 nitrogen and oxygen atoms in total. The molecule has 0 fully saturated rings. The fourth-order valence-electron chi connectivity index (χ4n) is 3.26. The van der Waals surface area contributed by atoms with E-state index < -0.39 is 0 Å². The number of para-hydroxylation sites is 1. The van der Waals surface area contributed by atoms with Gasteiger partial charge in [-0.1, -0.05) is 30.3 Å². The highest BCUT2D eigenvalue weighted by Gasteiger charge is 2.28. The Labute approximate surface area is 169 Å². The number of nitrogens with one attached hydrogen (secondary N) is 2. The van der Waals surface area contributed by atoms with Gasteiger partial charge in [0, 0.05) is 15.0 Å². The van der Waals surface area contributed by atoms with Crippen molar-refractivity contribution in [1.82, 2.24) is 0 Å². The summed E-state index contributed by atoms with van der Waals surface area (Å²) in [5, 5.41) is 6.52. The van der Waals surface area contributed by atoms with Gasteiger partial charge in [-0.15, -0.1) is 11.3 Å². The number of carbonyl (C=O) groups excluding carboxylic acids is 2. The molecule has 2 N–H and O–H groups in total. The lowest BCUT2D eigenvalue weighted by Crippen LogP contribution is -2.18. The Hall–Kier alpha value is -2.44. The summed E-state index contributed by atoms with van der Waals surface area (Å²) in [4.78, 5) is 26.9. The van der Waals surface area contributed by atoms with Gasteiger partial charge in [0.2, 0.25) is 0 Å². The maximum Gasteiger partial charge on any atom is 0.258 e. The normalized spacial score (nSPS) is 12.5. The minimum Gasteiger partial charge on any atom is -0.322 e. The Morgan fingerprint density at radius 2 is 1.63 bits per heavy atom. The zero-order chi connectivity index (χ0) is 18.8. The van der Waals surface area contributed by atoms with E-state index in [0.717, 1.165) is 35.0 Å². The molecule has 0 bridgehead atoms. The zero-order valence-electron chi connectivity index (χ0n) is 14.4. The zero-order valence-corrected chi connectivity index (χ0v) is 16.8. The Kier molecular flexibility index (Phi) is 5.09. The summed E-state index contributed by atoms with van der Waals surface area (Å²) in [6.45, 7) is 0. The predicted octanol–water partition coefficient (Wildman–Crippen LogP) is 5.50. The summed E-state index contributed by atoms with van der Waals surface area (Å²) < 4.78 is 0.724. The molecule has 1 aromatic heterocycles. The number of fused-ring (bicyclic) bond motifs is 1. The van der Waals surface area contributed by atoms with Crippen LogP contribution in [0.1, 0.15) is 37.6 Å². The Bertz CT molecular complexity index is 1010. The highest BCUT2D eigenvalue weighted by atomic mass is 79.9. The third kappa shape index (κ3) is 3.68. The van der Waals surface area contributed by atoms with Gasteiger partial charge in [0.1, 0.15) is 5.00 Å². The lowest BCUT2D eigenvalue weighted by molar-refractivity contribution is 0.102. The summed E-state index contributed by atoms with van der Waals surface area (Å²) in [7, 11) is 0. The molecule has 0 atom stereocenters. The second-order valence-electron chi connectivity index (χ2n) is 6.32. The van der Waals surface area contributed by atoms with Crippen LogP contribution in [-0.2, 0) is 12.8 Å². The third-order valence-corrected chi connectivity index (χ3v) is 6.42. The number of anilines is 2. The highest BCUT2D eigenvalue weighted by molar-refractivity contribution is 9.10. The van der Waals surface area contributed by atoms with E-state index in [1.165, 1.54) is 16.2 Å². The van der Waals surface area contributed by atoms with E-state index in [9.17, 15) is 9.59 Å². The van der Waals surface area contributed by atoms with E-state index in [1.54, 1.807) is 6.07 Å². The van der Waals surface area contributed by atoms with Crippen LogP contribution in [0.5, 0.6) is 0 Å². The summed E-state index contributed by atoms with van der Waals surface area (Å²) >= 11 is 4.92. The molecule has 0 aliphatic heterocycles. The molecule has 136 valence electrons. The largest absolute Gasteiger partial charge is 0.322 e. The lowest BCUT2D eigenvalue weighted by atomic mass is 10.1. The van der Waals surface area contributed by atoms with Crippen LogP contribution in [0, 0.1) is 0 Å². The molecule has 4 rings (SSSR count). The van der Waals surface area contributed by atoms with Gasteiger partial charge in [-0.2, -0.15) is 0 Å². The van der Waals surface area contributed by atoms with Gasteiger partial charge in [0.25, 0.3) is 11.8 Å². The van der Waals surface area contributed by atoms with Gasteiger partial charge < -0.3 is 10.6 Å². The van der Waals surface area contributed by atoms with Crippen molar-refractivity contribution in [2.75, 3.05) is 10.6 Å². The molecule has 1 aliphatic rings. The first-order chi connectivity index (χ1) is 13.1. The molecule has 1 aliphatic carbocycles. The summed E-state index contributed by atoms with van der Waals surface area (Å²) in [5.74, 6) is -0.404. The van der Waals surface area contributed by atoms with E-state index in [0.29, 0.717) is 16.1 Å². The SMILES string of the molecule is O=C(Nc1sc2c(c1C(=O)Nc1ccccc1)CCC2)c1ccccc1Br. The number of amides is 2. The minimum atomic E-state index is -0.226. The smallest absolute Gasteiger partial charge is 0.258 e. The van der Waals surface area contributed by atoms with Gasteiger partial charge in [0.15, 0.2) is 0 Å². The average molecular weight is 441 g/mol. The van der Waals surface area contributed by atoms with E-state index in [2.05, 4.69) is 26.6 Å². The Balaban J connectivity index is 1.65. The number of hydrogen-bond acceptors (Lipinski definition) is 3. The number of thiophene rings is 1. The quantitative estimate of drug-likeness (QED) is 0.562. The van der Waals surface area contributed by atoms with Crippen molar-refractivity contribution in [3.05, 3.63) is 80.6 Å². The number of benzene rings is 2. The summed E-state index contributed by atoms with van der Waals surface area (Å²) in [5.41, 5.74) is 2.94. The highest BCUT2D eigenvalue weighted by Crippen LogP contribution is 2.39. The molecular formula is C21H17BrN2O2S. The molecule has 2 aromatic carbocycles. The van der Waals surface area contributed by atoms with Crippen LogP contribution in [0.25, 0.3) is 0 Å². The van der Waals surface area contributed by atoms with Crippen molar-refractivity contribution in [2.45, 2.75) is 19.3 Å². The second kappa shape index (κ2) is 7.66. The van der Waals surface area contributed by atoms with Crippen LogP contribution in [0.2, 0.25) is 0 Å². The van der Waals surface area contributed by atoms with E-state index in [1.807, 2.05) is 48.5 Å². The lowest BCUT2D eigenvalue weighted by Gasteiger charge is -2.10. The number of rotatable bonds is 4. The van der Waals surface area contributed by atoms with Crippen molar-refractivity contribution in [3.63, 3.8) is 0 Å². The first-order valence-corrected chi connectivity index (χ1v) is 10.3. The minimum absolute atomic E-state index is 0.178. The fraction of sp³-hybridized carbons (Fsp3) is 0.143. The number of hydrogen-bond donors (Lipinski definition) is 2. The van der Waals surface area contributed by atoms with E-state index in [4.69, 9.17) is 0 Å². The molecule has 0 saturated carbocycles. The molecule has 2 amide bonds. The average Bonchev–Trinajstić information content (AvgIpc) is 3.23. The molecule has 1 heterocycles. The molecule has 0 unspecified atom stereocenters.